The van der Waals surface area contributed by atoms with Crippen molar-refractivity contribution in [1.29, 1.82) is 0 Å². The Morgan fingerprint density at radius 2 is 2.13 bits per heavy atom. The van der Waals surface area contributed by atoms with Crippen molar-refractivity contribution in [3.63, 3.8) is 0 Å². The van der Waals surface area contributed by atoms with Crippen LogP contribution >= 0.6 is 24.8 Å². The van der Waals surface area contributed by atoms with Gasteiger partial charge in [-0.15, -0.1) is 24.8 Å². The Kier molecular flexibility index (Phi) is 6.65. The maximum atomic E-state index is 5.53. The van der Waals surface area contributed by atoms with E-state index < -0.39 is 0 Å². The lowest BCUT2D eigenvalue weighted by Gasteiger charge is -2.22. The average Bonchev–Trinajstić information content (AvgIpc) is 2.20. The number of aromatic nitrogens is 1. The number of hydrogen-bond acceptors (Lipinski definition) is 3. The summed E-state index contributed by atoms with van der Waals surface area (Å²) in [5.74, 6) is 1.23. The van der Waals surface area contributed by atoms with Crippen molar-refractivity contribution in [2.24, 2.45) is 0 Å². The van der Waals surface area contributed by atoms with Gasteiger partial charge < -0.3 is 11.1 Å². The van der Waals surface area contributed by atoms with Crippen LogP contribution in [0.2, 0.25) is 0 Å². The van der Waals surface area contributed by atoms with E-state index in [1.165, 1.54) is 18.4 Å². The summed E-state index contributed by atoms with van der Waals surface area (Å²) in [6, 6.07) is 3.96. The van der Waals surface area contributed by atoms with Crippen LogP contribution in [-0.2, 0) is 0 Å². The van der Waals surface area contributed by atoms with Gasteiger partial charge in [0.15, 0.2) is 0 Å². The van der Waals surface area contributed by atoms with Crippen LogP contribution in [0.15, 0.2) is 18.3 Å². The summed E-state index contributed by atoms with van der Waals surface area (Å²) in [4.78, 5) is 4.10. The molecular formula is C10H17Cl2N3. The molecular weight excluding hydrogens is 233 g/mol. The molecule has 1 aliphatic rings. The molecule has 86 valence electrons. The third-order valence-electron chi connectivity index (χ3n) is 2.58. The summed E-state index contributed by atoms with van der Waals surface area (Å²) in [7, 11) is 0. The number of nitrogens with one attached hydrogen (secondary N) is 1. The highest BCUT2D eigenvalue weighted by Gasteiger charge is 2.14. The molecule has 1 aromatic rings. The molecule has 0 saturated carbocycles. The first-order valence-corrected chi connectivity index (χ1v) is 4.78. The van der Waals surface area contributed by atoms with E-state index in [-0.39, 0.29) is 24.8 Å². The van der Waals surface area contributed by atoms with Gasteiger partial charge >= 0.3 is 0 Å². The molecule has 0 unspecified atom stereocenters. The van der Waals surface area contributed by atoms with E-state index in [2.05, 4.69) is 16.4 Å². The van der Waals surface area contributed by atoms with E-state index >= 15 is 0 Å². The number of pyridine rings is 1. The first-order valence-electron chi connectivity index (χ1n) is 4.78. The number of nitrogens with zero attached hydrogens (tertiary/aromatic N) is 1. The van der Waals surface area contributed by atoms with Gasteiger partial charge in [-0.2, -0.15) is 0 Å². The fourth-order valence-corrected chi connectivity index (χ4v) is 1.79. The fourth-order valence-electron chi connectivity index (χ4n) is 1.79. The molecule has 0 aliphatic carbocycles. The highest BCUT2D eigenvalue weighted by atomic mass is 35.5. The average molecular weight is 250 g/mol. The zero-order chi connectivity index (χ0) is 9.10. The molecule has 3 N–H and O–H groups in total. The lowest BCUT2D eigenvalue weighted by atomic mass is 9.93. The first kappa shape index (κ1) is 14.5. The monoisotopic (exact) mass is 249 g/mol. The number of rotatable bonds is 1. The van der Waals surface area contributed by atoms with Gasteiger partial charge in [-0.05, 0) is 36.9 Å². The van der Waals surface area contributed by atoms with Gasteiger partial charge in [0.1, 0.15) is 5.82 Å². The van der Waals surface area contributed by atoms with Gasteiger partial charge in [0.2, 0.25) is 0 Å². The summed E-state index contributed by atoms with van der Waals surface area (Å²) in [5, 5.41) is 3.39. The summed E-state index contributed by atoms with van der Waals surface area (Å²) >= 11 is 0. The Morgan fingerprint density at radius 3 is 2.67 bits per heavy atom. The summed E-state index contributed by atoms with van der Waals surface area (Å²) < 4.78 is 0. The molecule has 0 spiro atoms. The molecule has 1 atom stereocenters. The second kappa shape index (κ2) is 6.88. The molecule has 1 aliphatic heterocycles. The van der Waals surface area contributed by atoms with Gasteiger partial charge in [0.05, 0.1) is 0 Å². The topological polar surface area (TPSA) is 50.9 Å². The van der Waals surface area contributed by atoms with Gasteiger partial charge in [-0.3, -0.25) is 0 Å². The molecule has 0 amide bonds. The smallest absolute Gasteiger partial charge is 0.123 e. The minimum absolute atomic E-state index is 0. The Balaban J connectivity index is 0.000000980. The molecule has 3 nitrogen and oxygen atoms in total. The number of hydrogen-bond donors (Lipinski definition) is 2. The lowest BCUT2D eigenvalue weighted by Crippen LogP contribution is -2.28. The Hall–Kier alpha value is -0.510. The standard InChI is InChI=1S/C10H15N3.2ClH/c11-10-4-3-9(7-13-10)8-2-1-5-12-6-8;;/h3-4,7-8,12H,1-2,5-6H2,(H2,11,13);2*1H/t8-;;/m0../s1. The predicted molar refractivity (Wildman–Crippen MR) is 68.0 cm³/mol. The Bertz CT molecular complexity index is 271. The van der Waals surface area contributed by atoms with Crippen LogP contribution < -0.4 is 11.1 Å². The first-order chi connectivity index (χ1) is 6.36. The molecule has 0 aromatic carbocycles. The molecule has 1 aromatic heterocycles. The summed E-state index contributed by atoms with van der Waals surface area (Å²) in [5.41, 5.74) is 6.84. The van der Waals surface area contributed by atoms with Crippen molar-refractivity contribution in [1.82, 2.24) is 10.3 Å². The van der Waals surface area contributed by atoms with Crippen LogP contribution in [0.1, 0.15) is 24.3 Å². The van der Waals surface area contributed by atoms with Crippen molar-refractivity contribution < 1.29 is 0 Å². The van der Waals surface area contributed by atoms with Crippen LogP contribution in [0.5, 0.6) is 0 Å². The second-order valence-corrected chi connectivity index (χ2v) is 3.56. The molecule has 2 heterocycles. The van der Waals surface area contributed by atoms with Crippen molar-refractivity contribution in [3.05, 3.63) is 23.9 Å². The molecule has 15 heavy (non-hydrogen) atoms. The van der Waals surface area contributed by atoms with Crippen LogP contribution in [0.25, 0.3) is 0 Å². The van der Waals surface area contributed by atoms with Gasteiger partial charge in [-0.25, -0.2) is 4.98 Å². The Labute approximate surface area is 103 Å². The molecule has 1 fully saturated rings. The Morgan fingerprint density at radius 1 is 1.33 bits per heavy atom. The van der Waals surface area contributed by atoms with Gasteiger partial charge in [0.25, 0.3) is 0 Å². The van der Waals surface area contributed by atoms with Crippen LogP contribution in [0.4, 0.5) is 5.82 Å². The fraction of sp³-hybridized carbons (Fsp3) is 0.500. The quantitative estimate of drug-likeness (QED) is 0.801. The van der Waals surface area contributed by atoms with Crippen molar-refractivity contribution in [3.8, 4) is 0 Å². The maximum absolute atomic E-state index is 5.53. The second-order valence-electron chi connectivity index (χ2n) is 3.56. The van der Waals surface area contributed by atoms with Crippen molar-refractivity contribution in [2.45, 2.75) is 18.8 Å². The van der Waals surface area contributed by atoms with E-state index in [0.717, 1.165) is 13.1 Å². The van der Waals surface area contributed by atoms with E-state index in [1.807, 2.05) is 12.3 Å². The van der Waals surface area contributed by atoms with Crippen molar-refractivity contribution >= 4 is 30.6 Å². The zero-order valence-electron chi connectivity index (χ0n) is 8.48. The number of nitrogens with two attached hydrogens (primary N) is 1. The highest BCUT2D eigenvalue weighted by Crippen LogP contribution is 2.22. The third-order valence-corrected chi connectivity index (χ3v) is 2.58. The highest BCUT2D eigenvalue weighted by molar-refractivity contribution is 5.85. The number of piperidine rings is 1. The normalized spacial score (nSPS) is 19.9. The van der Waals surface area contributed by atoms with E-state index in [4.69, 9.17) is 5.73 Å². The molecule has 5 heteroatoms. The summed E-state index contributed by atoms with van der Waals surface area (Å²) in [6.45, 7) is 2.23. The maximum Gasteiger partial charge on any atom is 0.123 e. The summed E-state index contributed by atoms with van der Waals surface area (Å²) in [6.07, 6.45) is 4.42. The van der Waals surface area contributed by atoms with E-state index in [1.54, 1.807) is 0 Å². The zero-order valence-corrected chi connectivity index (χ0v) is 10.1. The van der Waals surface area contributed by atoms with Gasteiger partial charge in [0, 0.05) is 12.7 Å². The van der Waals surface area contributed by atoms with E-state index in [0.29, 0.717) is 11.7 Å². The third kappa shape index (κ3) is 3.86. The van der Waals surface area contributed by atoms with Crippen LogP contribution in [0.3, 0.4) is 0 Å². The minimum Gasteiger partial charge on any atom is -0.384 e. The van der Waals surface area contributed by atoms with E-state index in [9.17, 15) is 0 Å². The minimum atomic E-state index is 0. The molecule has 0 bridgehead atoms. The molecule has 1 saturated heterocycles. The molecule has 2 rings (SSSR count). The number of nitrogen functional groups attached to an aromatic ring is 1. The molecule has 0 radical (unpaired) electrons. The number of halogens is 2. The lowest BCUT2D eigenvalue weighted by molar-refractivity contribution is 0.461. The van der Waals surface area contributed by atoms with Crippen LogP contribution in [0, 0.1) is 0 Å². The van der Waals surface area contributed by atoms with Crippen LogP contribution in [-0.4, -0.2) is 18.1 Å². The number of anilines is 1. The van der Waals surface area contributed by atoms with Gasteiger partial charge in [-0.1, -0.05) is 6.07 Å². The largest absolute Gasteiger partial charge is 0.384 e. The SMILES string of the molecule is Cl.Cl.Nc1ccc([C@H]2CCCNC2)cn1. The predicted octanol–water partition coefficient (Wildman–Crippen LogP) is 1.97. The van der Waals surface area contributed by atoms with Crippen molar-refractivity contribution in [2.75, 3.05) is 18.8 Å².